The molecule has 4 nitrogen and oxygen atoms in total. The van der Waals surface area contributed by atoms with Crippen molar-refractivity contribution in [2.45, 2.75) is 33.1 Å². The number of nitrogens with one attached hydrogen (secondary N) is 1. The lowest BCUT2D eigenvalue weighted by Gasteiger charge is -2.07. The van der Waals surface area contributed by atoms with Gasteiger partial charge in [-0.1, -0.05) is 68.5 Å². The van der Waals surface area contributed by atoms with Gasteiger partial charge in [-0.25, -0.2) is 4.98 Å². The van der Waals surface area contributed by atoms with Crippen LogP contribution >= 0.6 is 11.3 Å². The number of nitrogen functional groups attached to an aromatic ring is 1. The van der Waals surface area contributed by atoms with E-state index in [1.54, 1.807) is 0 Å². The predicted molar refractivity (Wildman–Crippen MR) is 110 cm³/mol. The second kappa shape index (κ2) is 7.70. The second-order valence-corrected chi connectivity index (χ2v) is 7.51. The number of thiazole rings is 1. The number of rotatable bonds is 6. The van der Waals surface area contributed by atoms with Crippen LogP contribution in [-0.4, -0.2) is 10.8 Å². The third kappa shape index (κ3) is 3.94. The minimum absolute atomic E-state index is 0.0918. The van der Waals surface area contributed by atoms with Crippen molar-refractivity contribution >= 4 is 33.8 Å². The number of nitrogens with two attached hydrogens (primary N) is 1. The van der Waals surface area contributed by atoms with E-state index in [0.717, 1.165) is 12.1 Å². The van der Waals surface area contributed by atoms with E-state index < -0.39 is 0 Å². The lowest BCUT2D eigenvalue weighted by Crippen LogP contribution is -2.02. The van der Waals surface area contributed by atoms with Gasteiger partial charge in [0.15, 0.2) is 5.13 Å². The van der Waals surface area contributed by atoms with Gasteiger partial charge >= 0.3 is 0 Å². The van der Waals surface area contributed by atoms with Crippen LogP contribution in [0.4, 0.5) is 16.6 Å². The zero-order chi connectivity index (χ0) is 18.7. The molecule has 5 heteroatoms. The first-order valence-electron chi connectivity index (χ1n) is 8.75. The van der Waals surface area contributed by atoms with E-state index in [1.165, 1.54) is 22.5 Å². The topological polar surface area (TPSA) is 68.0 Å². The molecule has 1 heterocycles. The molecule has 1 aromatic heterocycles. The summed E-state index contributed by atoms with van der Waals surface area (Å²) in [5.41, 5.74) is 10.0. The van der Waals surface area contributed by atoms with Gasteiger partial charge in [-0.05, 0) is 35.6 Å². The molecule has 0 atom stereocenters. The predicted octanol–water partition coefficient (Wildman–Crippen LogP) is 5.39. The summed E-state index contributed by atoms with van der Waals surface area (Å²) in [7, 11) is 0. The fraction of sp³-hybridized carbons (Fsp3) is 0.238. The zero-order valence-corrected chi connectivity index (χ0v) is 16.1. The van der Waals surface area contributed by atoms with Gasteiger partial charge in [0.2, 0.25) is 5.78 Å². The van der Waals surface area contributed by atoms with Crippen molar-refractivity contribution in [3.8, 4) is 0 Å². The van der Waals surface area contributed by atoms with Gasteiger partial charge in [-0.15, -0.1) is 0 Å². The van der Waals surface area contributed by atoms with E-state index >= 15 is 0 Å². The van der Waals surface area contributed by atoms with Crippen molar-refractivity contribution in [1.29, 1.82) is 0 Å². The Hall–Kier alpha value is -2.66. The van der Waals surface area contributed by atoms with Gasteiger partial charge in [0, 0.05) is 11.3 Å². The third-order valence-electron chi connectivity index (χ3n) is 4.31. The number of hydrogen-bond acceptors (Lipinski definition) is 5. The number of aryl methyl sites for hydroxylation is 1. The Kier molecular flexibility index (Phi) is 5.38. The standard InChI is InChI=1S/C21H23N3OS/c1-4-14-5-7-16(8-6-14)18(25)19-20(22)24-21(26-19)23-17-11-9-15(10-12-17)13(2)3/h5-13H,4,22H2,1-3H3,(H,23,24). The molecule has 0 saturated carbocycles. The number of hydrogen-bond donors (Lipinski definition) is 2. The summed E-state index contributed by atoms with van der Waals surface area (Å²) in [6.45, 7) is 6.41. The van der Waals surface area contributed by atoms with Crippen molar-refractivity contribution in [1.82, 2.24) is 4.98 Å². The van der Waals surface area contributed by atoms with Crippen LogP contribution in [0.25, 0.3) is 0 Å². The highest BCUT2D eigenvalue weighted by atomic mass is 32.1. The summed E-state index contributed by atoms with van der Waals surface area (Å²) in [4.78, 5) is 17.5. The Morgan fingerprint density at radius 1 is 1.12 bits per heavy atom. The molecule has 0 aliphatic heterocycles. The van der Waals surface area contributed by atoms with Crippen LogP contribution in [0.1, 0.15) is 53.1 Å². The van der Waals surface area contributed by atoms with E-state index in [2.05, 4.69) is 43.2 Å². The smallest absolute Gasteiger partial charge is 0.206 e. The van der Waals surface area contributed by atoms with Crippen LogP contribution in [-0.2, 0) is 6.42 Å². The molecule has 0 saturated heterocycles. The van der Waals surface area contributed by atoms with Gasteiger partial charge in [0.1, 0.15) is 10.7 Å². The number of carbonyl (C=O) groups is 1. The summed E-state index contributed by atoms with van der Waals surface area (Å²) in [5.74, 6) is 0.662. The highest BCUT2D eigenvalue weighted by Crippen LogP contribution is 2.30. The van der Waals surface area contributed by atoms with Crippen LogP contribution in [0.3, 0.4) is 0 Å². The minimum atomic E-state index is -0.0918. The molecule has 2 aromatic carbocycles. The molecule has 0 fully saturated rings. The normalized spacial score (nSPS) is 10.9. The minimum Gasteiger partial charge on any atom is -0.382 e. The maximum atomic E-state index is 12.7. The number of ketones is 1. The van der Waals surface area contributed by atoms with Gasteiger partial charge < -0.3 is 11.1 Å². The Morgan fingerprint density at radius 2 is 1.77 bits per heavy atom. The summed E-state index contributed by atoms with van der Waals surface area (Å²) < 4.78 is 0. The maximum absolute atomic E-state index is 12.7. The Morgan fingerprint density at radius 3 is 2.35 bits per heavy atom. The van der Waals surface area contributed by atoms with Crippen LogP contribution in [0.5, 0.6) is 0 Å². The first-order valence-corrected chi connectivity index (χ1v) is 9.56. The van der Waals surface area contributed by atoms with Gasteiger partial charge in [-0.3, -0.25) is 4.79 Å². The fourth-order valence-corrected chi connectivity index (χ4v) is 3.51. The molecule has 0 aliphatic rings. The van der Waals surface area contributed by atoms with E-state index in [9.17, 15) is 4.79 Å². The summed E-state index contributed by atoms with van der Waals surface area (Å²) >= 11 is 1.28. The Balaban J connectivity index is 1.78. The third-order valence-corrected chi connectivity index (χ3v) is 5.30. The highest BCUT2D eigenvalue weighted by molar-refractivity contribution is 7.18. The molecule has 3 rings (SSSR count). The SMILES string of the molecule is CCc1ccc(C(=O)c2sc(Nc3ccc(C(C)C)cc3)nc2N)cc1. The number of carbonyl (C=O) groups excluding carboxylic acids is 1. The second-order valence-electron chi connectivity index (χ2n) is 6.51. The van der Waals surface area contributed by atoms with E-state index in [0.29, 0.717) is 21.5 Å². The molecule has 0 amide bonds. The van der Waals surface area contributed by atoms with Crippen LogP contribution in [0.15, 0.2) is 48.5 Å². The van der Waals surface area contributed by atoms with Crippen molar-refractivity contribution < 1.29 is 4.79 Å². The molecule has 0 spiro atoms. The number of nitrogens with zero attached hydrogens (tertiary/aromatic N) is 1. The highest BCUT2D eigenvalue weighted by Gasteiger charge is 2.18. The van der Waals surface area contributed by atoms with Crippen molar-refractivity contribution in [3.63, 3.8) is 0 Å². The molecule has 0 unspecified atom stereocenters. The van der Waals surface area contributed by atoms with Crippen LogP contribution in [0.2, 0.25) is 0 Å². The van der Waals surface area contributed by atoms with Crippen molar-refractivity contribution in [2.75, 3.05) is 11.1 Å². The molecule has 134 valence electrons. The van der Waals surface area contributed by atoms with E-state index in [4.69, 9.17) is 5.73 Å². The molecule has 3 N–H and O–H groups in total. The number of anilines is 3. The molecular weight excluding hydrogens is 342 g/mol. The first kappa shape index (κ1) is 18.1. The zero-order valence-electron chi connectivity index (χ0n) is 15.2. The molecule has 0 aliphatic carbocycles. The largest absolute Gasteiger partial charge is 0.382 e. The molecule has 0 bridgehead atoms. The van der Waals surface area contributed by atoms with Crippen LogP contribution < -0.4 is 11.1 Å². The van der Waals surface area contributed by atoms with E-state index in [-0.39, 0.29) is 11.6 Å². The summed E-state index contributed by atoms with van der Waals surface area (Å²) in [6.07, 6.45) is 0.945. The fourth-order valence-electron chi connectivity index (χ4n) is 2.65. The molecule has 26 heavy (non-hydrogen) atoms. The average Bonchev–Trinajstić information content (AvgIpc) is 3.01. The lowest BCUT2D eigenvalue weighted by atomic mass is 10.0. The maximum Gasteiger partial charge on any atom is 0.206 e. The Bertz CT molecular complexity index is 896. The quantitative estimate of drug-likeness (QED) is 0.575. The average molecular weight is 366 g/mol. The van der Waals surface area contributed by atoms with Crippen LogP contribution in [0, 0.1) is 0 Å². The van der Waals surface area contributed by atoms with Crippen molar-refractivity contribution in [3.05, 3.63) is 70.1 Å². The molecular formula is C21H23N3OS. The molecule has 3 aromatic rings. The monoisotopic (exact) mass is 365 g/mol. The van der Waals surface area contributed by atoms with Gasteiger partial charge in [0.05, 0.1) is 0 Å². The number of aromatic nitrogens is 1. The summed E-state index contributed by atoms with van der Waals surface area (Å²) in [5, 5.41) is 3.85. The molecule has 0 radical (unpaired) electrons. The van der Waals surface area contributed by atoms with E-state index in [1.807, 2.05) is 36.4 Å². The van der Waals surface area contributed by atoms with Gasteiger partial charge in [0.25, 0.3) is 0 Å². The lowest BCUT2D eigenvalue weighted by molar-refractivity contribution is 0.104. The van der Waals surface area contributed by atoms with Gasteiger partial charge in [-0.2, -0.15) is 0 Å². The Labute approximate surface area is 158 Å². The summed E-state index contributed by atoms with van der Waals surface area (Å²) in [6, 6.07) is 15.8. The first-order chi connectivity index (χ1) is 12.5. The number of benzene rings is 2. The van der Waals surface area contributed by atoms with Crippen molar-refractivity contribution in [2.24, 2.45) is 0 Å².